The number of nitrogens with zero attached hydrogens (tertiary/aromatic N) is 3. The number of hydrogen-bond donors (Lipinski definition) is 0. The van der Waals surface area contributed by atoms with Crippen LogP contribution in [-0.2, 0) is 24.3 Å². The molecule has 11 heteroatoms. The summed E-state index contributed by atoms with van der Waals surface area (Å²) in [6.07, 6.45) is 1.33. The van der Waals surface area contributed by atoms with Gasteiger partial charge in [-0.05, 0) is 38.0 Å². The molecule has 0 bridgehead atoms. The molecule has 2 amide bonds. The average Bonchev–Trinajstić information content (AvgIpc) is 2.83. The lowest BCUT2D eigenvalue weighted by molar-refractivity contribution is -0.151. The highest BCUT2D eigenvalue weighted by Crippen LogP contribution is 2.26. The molecule has 1 heterocycles. The van der Waals surface area contributed by atoms with E-state index in [2.05, 4.69) is 0 Å². The van der Waals surface area contributed by atoms with E-state index in [1.54, 1.807) is 25.7 Å². The van der Waals surface area contributed by atoms with Crippen LogP contribution >= 0.6 is 0 Å². The van der Waals surface area contributed by atoms with E-state index < -0.39 is 15.9 Å². The summed E-state index contributed by atoms with van der Waals surface area (Å²) in [5.41, 5.74) is 0.0501. The van der Waals surface area contributed by atoms with Crippen LogP contribution in [0.5, 0.6) is 5.75 Å². The molecular weight excluding hydrogens is 462 g/mol. The zero-order chi connectivity index (χ0) is 25.5. The second-order valence-corrected chi connectivity index (χ2v) is 9.98. The smallest absolute Gasteiger partial charge is 0.310 e. The van der Waals surface area contributed by atoms with Crippen molar-refractivity contribution < 1.29 is 32.3 Å². The van der Waals surface area contributed by atoms with Crippen LogP contribution in [0.2, 0.25) is 0 Å². The number of piperidine rings is 1. The fraction of sp³-hybridized carbons (Fsp3) is 0.609. The van der Waals surface area contributed by atoms with Crippen molar-refractivity contribution in [3.05, 3.63) is 23.8 Å². The van der Waals surface area contributed by atoms with Crippen molar-refractivity contribution in [2.75, 3.05) is 53.5 Å². The number of methoxy groups -OCH3 is 1. The molecule has 0 saturated carbocycles. The molecular formula is C23H35N3O7S. The van der Waals surface area contributed by atoms with Crippen molar-refractivity contribution in [2.24, 2.45) is 5.92 Å². The van der Waals surface area contributed by atoms with Gasteiger partial charge in [-0.15, -0.1) is 0 Å². The predicted octanol–water partition coefficient (Wildman–Crippen LogP) is 1.60. The summed E-state index contributed by atoms with van der Waals surface area (Å²) in [5.74, 6) is -1.32. The Labute approximate surface area is 201 Å². The fourth-order valence-electron chi connectivity index (χ4n) is 3.96. The Morgan fingerprint density at radius 2 is 1.82 bits per heavy atom. The number of sulfonamides is 1. The number of benzene rings is 1. The van der Waals surface area contributed by atoms with Crippen LogP contribution in [0.3, 0.4) is 0 Å². The summed E-state index contributed by atoms with van der Waals surface area (Å²) < 4.78 is 37.5. The Bertz CT molecular complexity index is 992. The third-order valence-corrected chi connectivity index (χ3v) is 7.90. The molecule has 10 nitrogen and oxygen atoms in total. The largest absolute Gasteiger partial charge is 0.496 e. The molecule has 0 aromatic heterocycles. The minimum Gasteiger partial charge on any atom is -0.496 e. The van der Waals surface area contributed by atoms with Gasteiger partial charge in [0.15, 0.2) is 0 Å². The van der Waals surface area contributed by atoms with Crippen LogP contribution in [0.4, 0.5) is 0 Å². The summed E-state index contributed by atoms with van der Waals surface area (Å²) in [6, 6.07) is 4.12. The molecule has 2 rings (SSSR count). The molecule has 0 radical (unpaired) electrons. The van der Waals surface area contributed by atoms with Gasteiger partial charge in [-0.3, -0.25) is 14.4 Å². The van der Waals surface area contributed by atoms with Crippen LogP contribution < -0.4 is 4.74 Å². The van der Waals surface area contributed by atoms with Crippen LogP contribution in [0.25, 0.3) is 0 Å². The summed E-state index contributed by atoms with van der Waals surface area (Å²) in [6.45, 7) is 6.62. The Morgan fingerprint density at radius 1 is 1.15 bits per heavy atom. The molecule has 1 aromatic carbocycles. The van der Waals surface area contributed by atoms with Gasteiger partial charge in [0.25, 0.3) is 5.91 Å². The highest BCUT2D eigenvalue weighted by Gasteiger charge is 2.31. The number of carbonyl (C=O) groups excluding carboxylic acids is 3. The van der Waals surface area contributed by atoms with Gasteiger partial charge in [-0.2, -0.15) is 4.31 Å². The zero-order valence-corrected chi connectivity index (χ0v) is 21.4. The number of ether oxygens (including phenoxy) is 2. The lowest BCUT2D eigenvalue weighted by atomic mass is 9.98. The third-order valence-electron chi connectivity index (χ3n) is 5.86. The number of hydrogen-bond acceptors (Lipinski definition) is 7. The summed E-state index contributed by atoms with van der Waals surface area (Å²) >= 11 is 0. The lowest BCUT2D eigenvalue weighted by Crippen LogP contribution is -2.47. The molecule has 1 atom stereocenters. The predicted molar refractivity (Wildman–Crippen MR) is 126 cm³/mol. The van der Waals surface area contributed by atoms with Crippen LogP contribution in [0.15, 0.2) is 23.1 Å². The first-order chi connectivity index (χ1) is 16.1. The van der Waals surface area contributed by atoms with E-state index in [9.17, 15) is 22.8 Å². The normalized spacial score (nSPS) is 16.3. The Balaban J connectivity index is 2.19. The monoisotopic (exact) mass is 497 g/mol. The fourth-order valence-corrected chi connectivity index (χ4v) is 5.45. The number of rotatable bonds is 10. The first kappa shape index (κ1) is 27.6. The zero-order valence-electron chi connectivity index (χ0n) is 20.6. The number of carbonyl (C=O) groups is 3. The van der Waals surface area contributed by atoms with E-state index in [0.29, 0.717) is 32.5 Å². The molecule has 1 aromatic rings. The minimum absolute atomic E-state index is 0.0200. The maximum atomic E-state index is 13.2. The highest BCUT2D eigenvalue weighted by atomic mass is 32.2. The molecule has 1 aliphatic heterocycles. The van der Waals surface area contributed by atoms with Crippen molar-refractivity contribution in [1.82, 2.24) is 14.1 Å². The number of likely N-dealkylation sites (N-methyl/N-ethyl adjacent to an activating group) is 1. The molecule has 1 saturated heterocycles. The molecule has 34 heavy (non-hydrogen) atoms. The van der Waals surface area contributed by atoms with E-state index >= 15 is 0 Å². The number of esters is 1. The SMILES string of the molecule is CCOC(=O)C1CCCN(C(=O)CN(C)C(=O)c2cc(S(=O)(=O)N(CC)CC)ccc2OC)C1. The van der Waals surface area contributed by atoms with Crippen molar-refractivity contribution in [3.8, 4) is 5.75 Å². The molecule has 1 aliphatic rings. The molecule has 0 N–H and O–H groups in total. The number of likely N-dealkylation sites (tertiary alicyclic amines) is 1. The van der Waals surface area contributed by atoms with Crippen molar-refractivity contribution in [1.29, 1.82) is 0 Å². The van der Waals surface area contributed by atoms with Gasteiger partial charge in [0, 0.05) is 33.2 Å². The molecule has 0 aliphatic carbocycles. The van der Waals surface area contributed by atoms with E-state index in [1.807, 2.05) is 0 Å². The van der Waals surface area contributed by atoms with E-state index in [1.165, 1.54) is 41.6 Å². The minimum atomic E-state index is -3.78. The first-order valence-electron chi connectivity index (χ1n) is 11.5. The second-order valence-electron chi connectivity index (χ2n) is 8.04. The number of amides is 2. The third kappa shape index (κ3) is 6.26. The van der Waals surface area contributed by atoms with Gasteiger partial charge in [-0.1, -0.05) is 13.8 Å². The standard InChI is InChI=1S/C23H35N3O7S/c1-6-26(7-2)34(30,31)18-11-12-20(32-5)19(14-18)22(28)24(4)16-21(27)25-13-9-10-17(15-25)23(29)33-8-3/h11-12,14,17H,6-10,13,15-16H2,1-5H3. The summed E-state index contributed by atoms with van der Waals surface area (Å²) in [5, 5.41) is 0. The average molecular weight is 498 g/mol. The van der Waals surface area contributed by atoms with Gasteiger partial charge in [0.05, 0.1) is 36.6 Å². The van der Waals surface area contributed by atoms with Gasteiger partial charge in [0.2, 0.25) is 15.9 Å². The van der Waals surface area contributed by atoms with Crippen molar-refractivity contribution in [2.45, 2.75) is 38.5 Å². The first-order valence-corrected chi connectivity index (χ1v) is 12.9. The Hall–Kier alpha value is -2.66. The molecule has 190 valence electrons. The van der Waals surface area contributed by atoms with E-state index in [0.717, 1.165) is 0 Å². The maximum Gasteiger partial charge on any atom is 0.310 e. The summed E-state index contributed by atoms with van der Waals surface area (Å²) in [7, 11) is -0.921. The van der Waals surface area contributed by atoms with Crippen LogP contribution in [0, 0.1) is 5.92 Å². The highest BCUT2D eigenvalue weighted by molar-refractivity contribution is 7.89. The Morgan fingerprint density at radius 3 is 2.41 bits per heavy atom. The molecule has 1 fully saturated rings. The topological polar surface area (TPSA) is 114 Å². The molecule has 0 spiro atoms. The lowest BCUT2D eigenvalue weighted by Gasteiger charge is -2.32. The van der Waals surface area contributed by atoms with Gasteiger partial charge in [-0.25, -0.2) is 8.42 Å². The van der Waals surface area contributed by atoms with Gasteiger partial charge < -0.3 is 19.3 Å². The summed E-state index contributed by atoms with van der Waals surface area (Å²) in [4.78, 5) is 40.9. The van der Waals surface area contributed by atoms with E-state index in [4.69, 9.17) is 9.47 Å². The van der Waals surface area contributed by atoms with E-state index in [-0.39, 0.29) is 53.7 Å². The Kier molecular flexibility index (Phi) is 9.87. The quantitative estimate of drug-likeness (QED) is 0.451. The maximum absolute atomic E-state index is 13.2. The molecule has 1 unspecified atom stereocenters. The van der Waals surface area contributed by atoms with Crippen molar-refractivity contribution >= 4 is 27.8 Å². The van der Waals surface area contributed by atoms with Crippen LogP contribution in [0.1, 0.15) is 44.0 Å². The second kappa shape index (κ2) is 12.2. The van der Waals surface area contributed by atoms with Crippen molar-refractivity contribution in [3.63, 3.8) is 0 Å². The van der Waals surface area contributed by atoms with Crippen LogP contribution in [-0.4, -0.2) is 93.8 Å². The van der Waals surface area contributed by atoms with Gasteiger partial charge in [0.1, 0.15) is 5.75 Å². The van der Waals surface area contributed by atoms with Gasteiger partial charge >= 0.3 is 5.97 Å².